The molecular formula is C30H30N2O2S. The van der Waals surface area contributed by atoms with Crippen molar-refractivity contribution in [3.05, 3.63) is 112 Å². The van der Waals surface area contributed by atoms with Crippen LogP contribution in [-0.2, 0) is 11.2 Å². The topological polar surface area (TPSA) is 51.2 Å². The third-order valence-electron chi connectivity index (χ3n) is 7.37. The molecule has 3 aliphatic carbocycles. The normalized spacial score (nSPS) is 22.8. The highest BCUT2D eigenvalue weighted by Crippen LogP contribution is 2.61. The molecule has 0 aliphatic heterocycles. The van der Waals surface area contributed by atoms with Crippen LogP contribution >= 0.6 is 11.3 Å². The van der Waals surface area contributed by atoms with Crippen molar-refractivity contribution in [3.63, 3.8) is 0 Å². The molecule has 3 aromatic rings. The Morgan fingerprint density at radius 1 is 1.20 bits per heavy atom. The standard InChI is InChI=1S/C30H30N2O2S/c1-5-9-24-22(6-2)26-17-30(3,27(24)25-11-8-7-10-23(25)26)28(33)32-29-31-20(18-35-29)16-19-12-14-21(34-4)15-13-19/h5-15,18,26-27H,2,16-17H2,1,3-4H3,(H,31,32,33)/b9-5-. The molecule has 0 saturated heterocycles. The van der Waals surface area contributed by atoms with Crippen molar-refractivity contribution < 1.29 is 9.53 Å². The van der Waals surface area contributed by atoms with E-state index in [-0.39, 0.29) is 17.7 Å². The third kappa shape index (κ3) is 4.04. The van der Waals surface area contributed by atoms with Crippen molar-refractivity contribution in [3.8, 4) is 5.75 Å². The summed E-state index contributed by atoms with van der Waals surface area (Å²) in [4.78, 5) is 18.6. The number of allylic oxidation sites excluding steroid dienone is 5. The zero-order valence-electron chi connectivity index (χ0n) is 20.4. The van der Waals surface area contributed by atoms with Crippen molar-refractivity contribution >= 4 is 22.4 Å². The molecule has 0 fully saturated rings. The van der Waals surface area contributed by atoms with Gasteiger partial charge in [0.25, 0.3) is 0 Å². The van der Waals surface area contributed by atoms with E-state index < -0.39 is 5.41 Å². The SMILES string of the molecule is C=CC1=C(/C=C\C)C2c3ccccc3C1CC2(C)C(=O)Nc1nc(Cc2ccc(OC)cc2)cs1. The fourth-order valence-corrected chi connectivity index (χ4v) is 6.44. The number of nitrogens with one attached hydrogen (secondary N) is 1. The lowest BCUT2D eigenvalue weighted by Crippen LogP contribution is -2.47. The maximum Gasteiger partial charge on any atom is 0.233 e. The number of hydrogen-bond acceptors (Lipinski definition) is 4. The first-order chi connectivity index (χ1) is 17.0. The first kappa shape index (κ1) is 23.3. The van der Waals surface area contributed by atoms with Gasteiger partial charge >= 0.3 is 0 Å². The Kier molecular flexibility index (Phi) is 6.20. The van der Waals surface area contributed by atoms with E-state index >= 15 is 0 Å². The minimum absolute atomic E-state index is 0.0216. The van der Waals surface area contributed by atoms with Crippen molar-refractivity contribution in [2.75, 3.05) is 12.4 Å². The number of carbonyl (C=O) groups excluding carboxylic acids is 1. The number of aromatic nitrogens is 1. The van der Waals surface area contributed by atoms with Crippen LogP contribution in [0.3, 0.4) is 0 Å². The predicted molar refractivity (Wildman–Crippen MR) is 143 cm³/mol. The van der Waals surface area contributed by atoms with Crippen LogP contribution in [0.5, 0.6) is 5.75 Å². The molecule has 5 heteroatoms. The summed E-state index contributed by atoms with van der Waals surface area (Å²) in [5, 5.41) is 5.83. The van der Waals surface area contributed by atoms with Gasteiger partial charge < -0.3 is 10.1 Å². The number of fused-ring (bicyclic) bond motifs is 1. The summed E-state index contributed by atoms with van der Waals surface area (Å²) < 4.78 is 5.24. The van der Waals surface area contributed by atoms with E-state index in [1.54, 1.807) is 7.11 Å². The highest BCUT2D eigenvalue weighted by molar-refractivity contribution is 7.13. The summed E-state index contributed by atoms with van der Waals surface area (Å²) in [7, 11) is 1.66. The molecule has 2 aromatic carbocycles. The van der Waals surface area contributed by atoms with E-state index in [1.807, 2.05) is 42.6 Å². The Morgan fingerprint density at radius 3 is 2.63 bits per heavy atom. The van der Waals surface area contributed by atoms with Gasteiger partial charge in [-0.05, 0) is 60.2 Å². The number of amides is 1. The molecule has 3 aliphatic rings. The van der Waals surface area contributed by atoms with E-state index in [2.05, 4.69) is 55.2 Å². The number of methoxy groups -OCH3 is 1. The van der Waals surface area contributed by atoms with Crippen molar-refractivity contribution in [1.82, 2.24) is 4.98 Å². The highest BCUT2D eigenvalue weighted by Gasteiger charge is 2.54. The van der Waals surface area contributed by atoms with Gasteiger partial charge in [-0.1, -0.05) is 61.2 Å². The van der Waals surface area contributed by atoms with Gasteiger partial charge in [0.15, 0.2) is 5.13 Å². The molecule has 0 saturated carbocycles. The molecule has 178 valence electrons. The summed E-state index contributed by atoms with van der Waals surface area (Å²) in [5.41, 5.74) is 6.53. The van der Waals surface area contributed by atoms with Crippen LogP contribution in [0, 0.1) is 5.41 Å². The summed E-state index contributed by atoms with van der Waals surface area (Å²) in [6.07, 6.45) is 7.67. The minimum atomic E-state index is -0.581. The van der Waals surface area contributed by atoms with Gasteiger partial charge in [0, 0.05) is 23.6 Å². The van der Waals surface area contributed by atoms with E-state index in [0.29, 0.717) is 11.6 Å². The Morgan fingerprint density at radius 2 is 1.94 bits per heavy atom. The van der Waals surface area contributed by atoms with Crippen molar-refractivity contribution in [2.45, 2.75) is 38.5 Å². The second kappa shape index (κ2) is 9.31. The number of rotatable bonds is 7. The van der Waals surface area contributed by atoms with Crippen LogP contribution < -0.4 is 10.1 Å². The van der Waals surface area contributed by atoms with Gasteiger partial charge in [-0.2, -0.15) is 0 Å². The molecule has 1 heterocycles. The highest BCUT2D eigenvalue weighted by atomic mass is 32.1. The Bertz CT molecular complexity index is 1330. The third-order valence-corrected chi connectivity index (χ3v) is 8.18. The molecule has 4 nitrogen and oxygen atoms in total. The zero-order chi connectivity index (χ0) is 24.6. The maximum absolute atomic E-state index is 13.8. The van der Waals surface area contributed by atoms with Crippen molar-refractivity contribution in [1.29, 1.82) is 0 Å². The molecule has 0 radical (unpaired) electrons. The quantitative estimate of drug-likeness (QED) is 0.393. The molecule has 6 rings (SSSR count). The van der Waals surface area contributed by atoms with Crippen LogP contribution in [0.4, 0.5) is 5.13 Å². The Balaban J connectivity index is 1.41. The molecule has 1 amide bonds. The number of nitrogens with zero attached hydrogens (tertiary/aromatic N) is 1. The Labute approximate surface area is 211 Å². The van der Waals surface area contributed by atoms with Gasteiger partial charge in [-0.3, -0.25) is 4.79 Å². The molecule has 0 spiro atoms. The Hall–Kier alpha value is -3.44. The fraction of sp³-hybridized carbons (Fsp3) is 0.267. The maximum atomic E-state index is 13.8. The second-order valence-electron chi connectivity index (χ2n) is 9.47. The van der Waals surface area contributed by atoms with E-state index in [4.69, 9.17) is 9.72 Å². The van der Waals surface area contributed by atoms with Crippen molar-refractivity contribution in [2.24, 2.45) is 5.41 Å². The fourth-order valence-electron chi connectivity index (χ4n) is 5.74. The summed E-state index contributed by atoms with van der Waals surface area (Å²) in [6, 6.07) is 16.5. The number of hydrogen-bond donors (Lipinski definition) is 1. The van der Waals surface area contributed by atoms with Crippen LogP contribution in [0.2, 0.25) is 0 Å². The molecular weight excluding hydrogens is 452 g/mol. The predicted octanol–water partition coefficient (Wildman–Crippen LogP) is 7.03. The largest absolute Gasteiger partial charge is 0.497 e. The number of ether oxygens (including phenoxy) is 1. The van der Waals surface area contributed by atoms with Crippen LogP contribution in [0.15, 0.2) is 89.9 Å². The van der Waals surface area contributed by atoms with Gasteiger partial charge in [0.05, 0.1) is 18.2 Å². The van der Waals surface area contributed by atoms with Gasteiger partial charge in [-0.25, -0.2) is 4.98 Å². The van der Waals surface area contributed by atoms with Gasteiger partial charge in [0.1, 0.15) is 5.75 Å². The first-order valence-corrected chi connectivity index (χ1v) is 12.8. The van der Waals surface area contributed by atoms with Gasteiger partial charge in [-0.15, -0.1) is 11.3 Å². The van der Waals surface area contributed by atoms with Crippen LogP contribution in [0.25, 0.3) is 0 Å². The van der Waals surface area contributed by atoms with Crippen LogP contribution in [0.1, 0.15) is 54.5 Å². The lowest BCUT2D eigenvalue weighted by atomic mass is 9.52. The van der Waals surface area contributed by atoms with E-state index in [1.165, 1.54) is 33.6 Å². The monoisotopic (exact) mass is 482 g/mol. The minimum Gasteiger partial charge on any atom is -0.497 e. The summed E-state index contributed by atoms with van der Waals surface area (Å²) >= 11 is 1.48. The average Bonchev–Trinajstić information content (AvgIpc) is 3.31. The zero-order valence-corrected chi connectivity index (χ0v) is 21.2. The molecule has 3 unspecified atom stereocenters. The average molecular weight is 483 g/mol. The number of anilines is 1. The lowest BCUT2D eigenvalue weighted by Gasteiger charge is -2.51. The smallest absolute Gasteiger partial charge is 0.233 e. The van der Waals surface area contributed by atoms with Gasteiger partial charge in [0.2, 0.25) is 5.91 Å². The summed E-state index contributed by atoms with van der Waals surface area (Å²) in [6.45, 7) is 8.24. The molecule has 35 heavy (non-hydrogen) atoms. The number of benzene rings is 2. The second-order valence-corrected chi connectivity index (χ2v) is 10.3. The number of carbonyl (C=O) groups is 1. The number of thiazole rings is 1. The molecule has 1 N–H and O–H groups in total. The first-order valence-electron chi connectivity index (χ1n) is 11.9. The van der Waals surface area contributed by atoms with E-state index in [9.17, 15) is 4.79 Å². The molecule has 3 atom stereocenters. The lowest BCUT2D eigenvalue weighted by molar-refractivity contribution is -0.126. The molecule has 1 aromatic heterocycles. The van der Waals surface area contributed by atoms with Crippen LogP contribution in [-0.4, -0.2) is 18.0 Å². The summed E-state index contributed by atoms with van der Waals surface area (Å²) in [5.74, 6) is 1.00. The molecule has 2 bridgehead atoms. The van der Waals surface area contributed by atoms with E-state index in [0.717, 1.165) is 23.4 Å².